The lowest BCUT2D eigenvalue weighted by Gasteiger charge is -2.40. The number of aromatic nitrogens is 1. The number of rotatable bonds is 22. The number of cyclic esters (lactones) is 1. The van der Waals surface area contributed by atoms with Gasteiger partial charge in [-0.05, 0) is 67.4 Å². The summed E-state index contributed by atoms with van der Waals surface area (Å²) in [5.41, 5.74) is 3.00. The highest BCUT2D eigenvalue weighted by atomic mass is 19.1. The van der Waals surface area contributed by atoms with Crippen molar-refractivity contribution in [2.45, 2.75) is 95.7 Å². The van der Waals surface area contributed by atoms with E-state index in [9.17, 15) is 53.4 Å². The number of benzene rings is 2. The van der Waals surface area contributed by atoms with E-state index in [1.807, 2.05) is 0 Å². The second-order valence-corrected chi connectivity index (χ2v) is 18.8. The second-order valence-electron chi connectivity index (χ2n) is 18.8. The van der Waals surface area contributed by atoms with Crippen LogP contribution in [-0.2, 0) is 72.0 Å². The zero-order valence-corrected chi connectivity index (χ0v) is 41.3. The smallest absolute Gasteiger partial charge is 0.343 e. The van der Waals surface area contributed by atoms with Gasteiger partial charge >= 0.3 is 5.97 Å². The lowest BCUT2D eigenvalue weighted by Crippen LogP contribution is -2.52. The van der Waals surface area contributed by atoms with Gasteiger partial charge in [0, 0.05) is 66.2 Å². The van der Waals surface area contributed by atoms with Crippen molar-refractivity contribution in [3.05, 3.63) is 105 Å². The molecular weight excluding hydrogens is 978 g/mol. The Bertz CT molecular complexity index is 2930. The van der Waals surface area contributed by atoms with Gasteiger partial charge in [-0.15, -0.1) is 0 Å². The van der Waals surface area contributed by atoms with Gasteiger partial charge in [-0.2, -0.15) is 0 Å². The lowest BCUT2D eigenvalue weighted by molar-refractivity contribution is -0.164. The van der Waals surface area contributed by atoms with Crippen LogP contribution in [0, 0.1) is 12.7 Å². The van der Waals surface area contributed by atoms with Crippen LogP contribution in [0.5, 0.6) is 0 Å². The number of nitrogens with zero attached hydrogens (tertiary/aromatic N) is 3. The Hall–Kier alpha value is -7.89. The third-order valence-electron chi connectivity index (χ3n) is 13.9. The van der Waals surface area contributed by atoms with Crippen LogP contribution >= 0.6 is 0 Å². The Kier molecular flexibility index (Phi) is 16.5. The summed E-state index contributed by atoms with van der Waals surface area (Å²) in [6.45, 7) is 1.16. The first-order valence-corrected chi connectivity index (χ1v) is 24.7. The van der Waals surface area contributed by atoms with Crippen LogP contribution < -0.4 is 31.9 Å². The highest BCUT2D eigenvalue weighted by Gasteiger charge is 2.50. The molecule has 2 aromatic carbocycles. The minimum atomic E-state index is -1.99. The van der Waals surface area contributed by atoms with Gasteiger partial charge in [-0.25, -0.2) is 14.2 Å². The van der Waals surface area contributed by atoms with E-state index < -0.39 is 104 Å². The maximum absolute atomic E-state index is 15.4. The number of aryl methyl sites for hydroxylation is 1. The highest BCUT2D eigenvalue weighted by Crippen LogP contribution is 2.49. The number of amides is 8. The summed E-state index contributed by atoms with van der Waals surface area (Å²) in [5.74, 6) is -5.70. The monoisotopic (exact) mass is 1040 g/mol. The van der Waals surface area contributed by atoms with Gasteiger partial charge in [0.2, 0.25) is 35.4 Å². The molecule has 0 saturated heterocycles. The van der Waals surface area contributed by atoms with Crippen LogP contribution in [0.25, 0.3) is 16.6 Å². The molecule has 3 aromatic rings. The van der Waals surface area contributed by atoms with Crippen LogP contribution in [-0.4, -0.2) is 142 Å². The fourth-order valence-electron chi connectivity index (χ4n) is 9.91. The van der Waals surface area contributed by atoms with Crippen molar-refractivity contribution in [2.75, 3.05) is 46.1 Å². The number of hydrogen-bond donors (Lipinski definition) is 8. The normalized spacial score (nSPS) is 19.6. The third kappa shape index (κ3) is 11.7. The summed E-state index contributed by atoms with van der Waals surface area (Å²) >= 11 is 0. The van der Waals surface area contributed by atoms with Crippen molar-refractivity contribution >= 4 is 69.8 Å². The van der Waals surface area contributed by atoms with Crippen LogP contribution in [0.1, 0.15) is 85.0 Å². The standard InChI is InChI=1S/C52H58FN9O13/c1-3-52(73)33-19-38-48-31(24-62(38)50(71)32(33)25-75-51(52)72)47-35(14-13-30-28(2)34(53)20-36(60-48)46(30)47)58-43(67)26-74-27-57-41(65)22-56-49(70)37(18-29-10-6-4-7-11-29)59-42(66)23-55-40(64)21-54-39(63)12-8-5-9-17-61-44(68)15-16-45(61)69/h4,6-7,10-11,15-16,19-20,35,37,50,71,73H,3,5,8-9,12-14,17-18,21-27H2,1-2H3,(H,54,63)(H,55,64)(H,56,70)(H,57,65)(H,58,67)(H,59,66)/t35-,37-,50?,52-/m0/s1. The molecule has 8 rings (SSSR count). The van der Waals surface area contributed by atoms with Crippen molar-refractivity contribution in [1.29, 1.82) is 0 Å². The van der Waals surface area contributed by atoms with Gasteiger partial charge in [0.15, 0.2) is 11.8 Å². The predicted molar refractivity (Wildman–Crippen MR) is 263 cm³/mol. The molecule has 1 aromatic heterocycles. The van der Waals surface area contributed by atoms with Crippen molar-refractivity contribution < 1.29 is 67.2 Å². The molecule has 0 radical (unpaired) electrons. The minimum absolute atomic E-state index is 0.00919. The first kappa shape index (κ1) is 53.4. The fourth-order valence-corrected chi connectivity index (χ4v) is 9.91. The van der Waals surface area contributed by atoms with Crippen molar-refractivity contribution in [1.82, 2.24) is 46.7 Å². The fraction of sp³-hybridized carbons (Fsp3) is 0.423. The molecule has 5 heterocycles. The summed E-state index contributed by atoms with van der Waals surface area (Å²) in [4.78, 5) is 121. The molecule has 0 fully saturated rings. The first-order valence-electron chi connectivity index (χ1n) is 24.7. The quantitative estimate of drug-likeness (QED) is 0.0283. The summed E-state index contributed by atoms with van der Waals surface area (Å²) in [5, 5.41) is 39.1. The van der Waals surface area contributed by atoms with E-state index in [1.54, 1.807) is 55.2 Å². The number of unbranched alkanes of at least 4 members (excludes halogenated alkanes) is 2. The maximum atomic E-state index is 15.4. The number of hydrogen-bond acceptors (Lipinski definition) is 15. The van der Waals surface area contributed by atoms with E-state index in [0.717, 1.165) is 10.5 Å². The average Bonchev–Trinajstić information content (AvgIpc) is 3.97. The van der Waals surface area contributed by atoms with Gasteiger partial charge in [0.05, 0.1) is 42.6 Å². The van der Waals surface area contributed by atoms with Crippen molar-refractivity contribution in [2.24, 2.45) is 0 Å². The minimum Gasteiger partial charge on any atom is -0.459 e. The van der Waals surface area contributed by atoms with Crippen LogP contribution in [0.3, 0.4) is 0 Å². The molecule has 8 amide bonds. The van der Waals surface area contributed by atoms with E-state index in [0.29, 0.717) is 82.2 Å². The Balaban J connectivity index is 0.800. The van der Waals surface area contributed by atoms with Crippen LogP contribution in [0.4, 0.5) is 4.39 Å². The molecule has 4 atom stereocenters. The number of pyridine rings is 1. The van der Waals surface area contributed by atoms with E-state index in [1.165, 1.54) is 18.2 Å². The number of carbonyl (C=O) groups is 9. The average molecular weight is 1040 g/mol. The molecule has 0 bridgehead atoms. The largest absolute Gasteiger partial charge is 0.459 e. The zero-order valence-electron chi connectivity index (χ0n) is 41.3. The van der Waals surface area contributed by atoms with Crippen molar-refractivity contribution in [3.63, 3.8) is 0 Å². The zero-order chi connectivity index (χ0) is 53.6. The molecule has 75 heavy (non-hydrogen) atoms. The predicted octanol–water partition coefficient (Wildman–Crippen LogP) is -0.0794. The number of esters is 1. The highest BCUT2D eigenvalue weighted by molar-refractivity contribution is 6.12. The molecular formula is C52H58FN9O13. The SMILES string of the molecule is CC[C@@]1(O)C(=O)OCC2=C1C=C1c3nc4cc(F)c(C)c5c4c(c3CN1C2O)[C@@H](NC(=O)COCNC(=O)CNC(=O)[C@H](Cc1ccccc1)NC(=O)CNC(=O)CNC(=O)CCCCCN1C(=O)C=CC1=O)CC5. The number of nitrogens with one attached hydrogen (secondary N) is 6. The number of carbonyl (C=O) groups excluding carboxylic acids is 9. The Morgan fingerprint density at radius 1 is 0.907 bits per heavy atom. The van der Waals surface area contributed by atoms with E-state index >= 15 is 4.39 Å². The molecule has 0 saturated carbocycles. The summed E-state index contributed by atoms with van der Waals surface area (Å²) < 4.78 is 26.1. The number of halogens is 1. The maximum Gasteiger partial charge on any atom is 0.343 e. The molecule has 1 unspecified atom stereocenters. The lowest BCUT2D eigenvalue weighted by atomic mass is 9.81. The first-order chi connectivity index (χ1) is 36.0. The number of ether oxygens (including phenoxy) is 2. The number of aliphatic hydroxyl groups excluding tert-OH is 1. The molecule has 23 heteroatoms. The number of imide groups is 1. The van der Waals surface area contributed by atoms with Crippen LogP contribution in [0.15, 0.2) is 65.8 Å². The third-order valence-corrected chi connectivity index (χ3v) is 13.9. The number of aliphatic hydroxyl groups is 2. The molecule has 8 N–H and O–H groups in total. The molecule has 0 spiro atoms. The van der Waals surface area contributed by atoms with E-state index in [4.69, 9.17) is 14.5 Å². The summed E-state index contributed by atoms with van der Waals surface area (Å²) in [7, 11) is 0. The Labute approximate surface area is 429 Å². The molecule has 5 aliphatic rings. The van der Waals surface area contributed by atoms with Gasteiger partial charge in [0.1, 0.15) is 31.8 Å². The topological polar surface area (TPSA) is 304 Å². The Morgan fingerprint density at radius 3 is 2.36 bits per heavy atom. The molecule has 22 nitrogen and oxygen atoms in total. The number of fused-ring (bicyclic) bond motifs is 4. The summed E-state index contributed by atoms with van der Waals surface area (Å²) in [6, 6.07) is 8.33. The van der Waals surface area contributed by atoms with Crippen LogP contribution in [0.2, 0.25) is 0 Å². The van der Waals surface area contributed by atoms with Gasteiger partial charge in [-0.1, -0.05) is 43.7 Å². The van der Waals surface area contributed by atoms with E-state index in [-0.39, 0.29) is 56.3 Å². The second kappa shape index (κ2) is 23.1. The molecule has 1 aliphatic carbocycles. The summed E-state index contributed by atoms with van der Waals surface area (Å²) in [6.07, 6.45) is 5.26. The van der Waals surface area contributed by atoms with E-state index in [2.05, 4.69) is 31.9 Å². The Morgan fingerprint density at radius 2 is 1.61 bits per heavy atom. The van der Waals surface area contributed by atoms with Crippen molar-refractivity contribution in [3.8, 4) is 0 Å². The van der Waals surface area contributed by atoms with Gasteiger partial charge in [-0.3, -0.25) is 43.3 Å². The molecule has 4 aliphatic heterocycles. The molecule has 396 valence electrons. The van der Waals surface area contributed by atoms with Gasteiger partial charge < -0.3 is 56.5 Å². The van der Waals surface area contributed by atoms with Gasteiger partial charge in [0.25, 0.3) is 11.8 Å².